The van der Waals surface area contributed by atoms with Gasteiger partial charge in [0.15, 0.2) is 5.79 Å². The Balaban J connectivity index is 1.77. The van der Waals surface area contributed by atoms with E-state index in [1.807, 2.05) is 12.1 Å². The van der Waals surface area contributed by atoms with Crippen molar-refractivity contribution in [2.45, 2.75) is 24.7 Å². The van der Waals surface area contributed by atoms with Crippen LogP contribution in [0, 0.1) is 0 Å². The standard InChI is InChI=1S/C13H16ClNO2/c14-11-3-1-10(2-4-11)12-9-13(5-6-15-12)16-7-8-17-13/h1-4,12,15H,5-9H2. The molecule has 1 N–H and O–H groups in total. The fourth-order valence-electron chi connectivity index (χ4n) is 2.61. The Bertz CT molecular complexity index is 387. The van der Waals surface area contributed by atoms with Crippen LogP contribution in [0.15, 0.2) is 24.3 Å². The first-order chi connectivity index (χ1) is 8.27. The molecule has 2 aliphatic rings. The average Bonchev–Trinajstić information content (AvgIpc) is 2.78. The molecule has 2 aliphatic heterocycles. The highest BCUT2D eigenvalue weighted by Gasteiger charge is 2.41. The Morgan fingerprint density at radius 3 is 2.59 bits per heavy atom. The maximum Gasteiger partial charge on any atom is 0.171 e. The van der Waals surface area contributed by atoms with Crippen molar-refractivity contribution in [3.63, 3.8) is 0 Å². The SMILES string of the molecule is Clc1ccc(C2CC3(CCN2)OCCO3)cc1. The molecule has 0 radical (unpaired) electrons. The molecule has 1 aromatic carbocycles. The Kier molecular flexibility index (Phi) is 3.09. The highest BCUT2D eigenvalue weighted by Crippen LogP contribution is 2.36. The van der Waals surface area contributed by atoms with E-state index in [0.29, 0.717) is 19.3 Å². The molecule has 0 aromatic heterocycles. The summed E-state index contributed by atoms with van der Waals surface area (Å²) in [7, 11) is 0. The van der Waals surface area contributed by atoms with Crippen molar-refractivity contribution in [1.82, 2.24) is 5.32 Å². The molecule has 4 heteroatoms. The molecule has 17 heavy (non-hydrogen) atoms. The van der Waals surface area contributed by atoms with Gasteiger partial charge in [0, 0.05) is 30.5 Å². The second-order valence-electron chi connectivity index (χ2n) is 4.62. The third kappa shape index (κ3) is 2.33. The fourth-order valence-corrected chi connectivity index (χ4v) is 2.74. The normalized spacial score (nSPS) is 27.5. The summed E-state index contributed by atoms with van der Waals surface area (Å²) in [4.78, 5) is 0. The van der Waals surface area contributed by atoms with Gasteiger partial charge >= 0.3 is 0 Å². The van der Waals surface area contributed by atoms with Crippen LogP contribution in [0.2, 0.25) is 5.02 Å². The maximum atomic E-state index is 5.90. The highest BCUT2D eigenvalue weighted by molar-refractivity contribution is 6.30. The van der Waals surface area contributed by atoms with Gasteiger partial charge in [0.1, 0.15) is 0 Å². The van der Waals surface area contributed by atoms with E-state index in [1.165, 1.54) is 5.56 Å². The number of nitrogens with one attached hydrogen (secondary N) is 1. The van der Waals surface area contributed by atoms with Crippen molar-refractivity contribution in [2.24, 2.45) is 0 Å². The van der Waals surface area contributed by atoms with Gasteiger partial charge in [-0.25, -0.2) is 0 Å². The third-order valence-corrected chi connectivity index (χ3v) is 3.75. The minimum absolute atomic E-state index is 0.291. The fraction of sp³-hybridized carbons (Fsp3) is 0.538. The summed E-state index contributed by atoms with van der Waals surface area (Å²) in [5, 5.41) is 4.27. The summed E-state index contributed by atoms with van der Waals surface area (Å²) in [6, 6.07) is 8.27. The molecule has 92 valence electrons. The molecular formula is C13H16ClNO2. The quantitative estimate of drug-likeness (QED) is 0.834. The van der Waals surface area contributed by atoms with Gasteiger partial charge in [-0.2, -0.15) is 0 Å². The molecule has 2 fully saturated rings. The Morgan fingerprint density at radius 1 is 1.18 bits per heavy atom. The number of halogens is 1. The first-order valence-electron chi connectivity index (χ1n) is 6.04. The van der Waals surface area contributed by atoms with E-state index >= 15 is 0 Å². The molecule has 0 bridgehead atoms. The van der Waals surface area contributed by atoms with Gasteiger partial charge in [-0.1, -0.05) is 23.7 Å². The molecule has 2 saturated heterocycles. The van der Waals surface area contributed by atoms with Gasteiger partial charge in [-0.05, 0) is 17.7 Å². The summed E-state index contributed by atoms with van der Waals surface area (Å²) >= 11 is 5.90. The Labute approximate surface area is 106 Å². The van der Waals surface area contributed by atoms with Crippen LogP contribution >= 0.6 is 11.6 Å². The third-order valence-electron chi connectivity index (χ3n) is 3.50. The zero-order valence-electron chi connectivity index (χ0n) is 9.62. The predicted octanol–water partition coefficient (Wildman–Crippen LogP) is 2.51. The van der Waals surface area contributed by atoms with Crippen LogP contribution in [0.4, 0.5) is 0 Å². The minimum atomic E-state index is -0.352. The Hall–Kier alpha value is -0.610. The van der Waals surface area contributed by atoms with Gasteiger partial charge in [-0.3, -0.25) is 0 Å². The predicted molar refractivity (Wildman–Crippen MR) is 66.1 cm³/mol. The summed E-state index contributed by atoms with van der Waals surface area (Å²) in [5.74, 6) is -0.352. The second kappa shape index (κ2) is 4.58. The van der Waals surface area contributed by atoms with E-state index in [1.54, 1.807) is 0 Å². The van der Waals surface area contributed by atoms with Crippen molar-refractivity contribution in [3.8, 4) is 0 Å². The lowest BCUT2D eigenvalue weighted by atomic mass is 9.93. The van der Waals surface area contributed by atoms with Crippen LogP contribution in [-0.2, 0) is 9.47 Å². The van der Waals surface area contributed by atoms with E-state index in [4.69, 9.17) is 21.1 Å². The topological polar surface area (TPSA) is 30.5 Å². The second-order valence-corrected chi connectivity index (χ2v) is 5.06. The monoisotopic (exact) mass is 253 g/mol. The van der Waals surface area contributed by atoms with Gasteiger partial charge < -0.3 is 14.8 Å². The lowest BCUT2D eigenvalue weighted by Crippen LogP contribution is -2.44. The van der Waals surface area contributed by atoms with E-state index in [-0.39, 0.29) is 5.79 Å². The maximum absolute atomic E-state index is 5.90. The molecule has 2 heterocycles. The van der Waals surface area contributed by atoms with Crippen LogP contribution in [0.5, 0.6) is 0 Å². The summed E-state index contributed by atoms with van der Waals surface area (Å²) < 4.78 is 11.5. The number of hydrogen-bond donors (Lipinski definition) is 1. The number of ether oxygens (including phenoxy) is 2. The summed E-state index contributed by atoms with van der Waals surface area (Å²) in [6.45, 7) is 2.36. The van der Waals surface area contributed by atoms with Crippen molar-refractivity contribution >= 4 is 11.6 Å². The van der Waals surface area contributed by atoms with E-state index < -0.39 is 0 Å². The lowest BCUT2D eigenvalue weighted by Gasteiger charge is -2.37. The molecule has 3 nitrogen and oxygen atoms in total. The van der Waals surface area contributed by atoms with E-state index in [0.717, 1.165) is 24.4 Å². The Morgan fingerprint density at radius 2 is 1.88 bits per heavy atom. The molecule has 1 spiro atoms. The molecule has 3 rings (SSSR count). The molecule has 0 saturated carbocycles. The van der Waals surface area contributed by atoms with Crippen LogP contribution in [0.1, 0.15) is 24.4 Å². The first kappa shape index (κ1) is 11.5. The van der Waals surface area contributed by atoms with Crippen LogP contribution in [-0.4, -0.2) is 25.5 Å². The van der Waals surface area contributed by atoms with E-state index in [2.05, 4.69) is 17.4 Å². The van der Waals surface area contributed by atoms with Crippen LogP contribution in [0.25, 0.3) is 0 Å². The molecule has 0 amide bonds. The number of hydrogen-bond acceptors (Lipinski definition) is 3. The number of piperidine rings is 1. The average molecular weight is 254 g/mol. The highest BCUT2D eigenvalue weighted by atomic mass is 35.5. The molecule has 1 unspecified atom stereocenters. The van der Waals surface area contributed by atoms with Crippen molar-refractivity contribution in [2.75, 3.05) is 19.8 Å². The van der Waals surface area contributed by atoms with Crippen LogP contribution in [0.3, 0.4) is 0 Å². The van der Waals surface area contributed by atoms with Gasteiger partial charge in [0.05, 0.1) is 13.2 Å². The minimum Gasteiger partial charge on any atom is -0.347 e. The van der Waals surface area contributed by atoms with E-state index in [9.17, 15) is 0 Å². The van der Waals surface area contributed by atoms with Gasteiger partial charge in [-0.15, -0.1) is 0 Å². The zero-order valence-corrected chi connectivity index (χ0v) is 10.4. The van der Waals surface area contributed by atoms with Crippen molar-refractivity contribution in [1.29, 1.82) is 0 Å². The van der Waals surface area contributed by atoms with Crippen molar-refractivity contribution in [3.05, 3.63) is 34.9 Å². The smallest absolute Gasteiger partial charge is 0.171 e. The molecule has 1 aromatic rings. The first-order valence-corrected chi connectivity index (χ1v) is 6.42. The molecule has 1 atom stereocenters. The van der Waals surface area contributed by atoms with Gasteiger partial charge in [0.25, 0.3) is 0 Å². The largest absolute Gasteiger partial charge is 0.347 e. The van der Waals surface area contributed by atoms with Gasteiger partial charge in [0.2, 0.25) is 0 Å². The van der Waals surface area contributed by atoms with Crippen LogP contribution < -0.4 is 5.32 Å². The molecule has 0 aliphatic carbocycles. The number of rotatable bonds is 1. The zero-order chi connectivity index (χ0) is 11.7. The van der Waals surface area contributed by atoms with Crippen molar-refractivity contribution < 1.29 is 9.47 Å². The summed E-state index contributed by atoms with van der Waals surface area (Å²) in [6.07, 6.45) is 1.80. The summed E-state index contributed by atoms with van der Waals surface area (Å²) in [5.41, 5.74) is 1.24. The number of benzene rings is 1. The molecular weight excluding hydrogens is 238 g/mol. The lowest BCUT2D eigenvalue weighted by molar-refractivity contribution is -0.180.